The van der Waals surface area contributed by atoms with Crippen LogP contribution in [0.3, 0.4) is 0 Å². The molecule has 1 saturated carbocycles. The Bertz CT molecular complexity index is 615. The summed E-state index contributed by atoms with van der Waals surface area (Å²) in [5.74, 6) is 0. The first-order valence-corrected chi connectivity index (χ1v) is 7.54. The molecule has 3 nitrogen and oxygen atoms in total. The van der Waals surface area contributed by atoms with Crippen LogP contribution in [-0.4, -0.2) is 21.9 Å². The SMILES string of the molecule is Cn1nc(CC2(CNC(C)(C)C)CC2)c2ccccc21. The van der Waals surface area contributed by atoms with E-state index in [1.54, 1.807) is 0 Å². The number of benzene rings is 1. The van der Waals surface area contributed by atoms with Gasteiger partial charge in [-0.1, -0.05) is 18.2 Å². The summed E-state index contributed by atoms with van der Waals surface area (Å²) in [6.07, 6.45) is 3.74. The number of nitrogens with zero attached hydrogens (tertiary/aromatic N) is 2. The molecule has 0 radical (unpaired) electrons. The van der Waals surface area contributed by atoms with E-state index in [0.29, 0.717) is 5.41 Å². The Morgan fingerprint density at radius 2 is 1.95 bits per heavy atom. The van der Waals surface area contributed by atoms with Crippen molar-refractivity contribution >= 4 is 10.9 Å². The van der Waals surface area contributed by atoms with Crippen LogP contribution in [0.1, 0.15) is 39.3 Å². The number of aryl methyl sites for hydroxylation is 1. The van der Waals surface area contributed by atoms with Gasteiger partial charge in [-0.15, -0.1) is 0 Å². The topological polar surface area (TPSA) is 29.9 Å². The van der Waals surface area contributed by atoms with Crippen molar-refractivity contribution in [3.05, 3.63) is 30.0 Å². The largest absolute Gasteiger partial charge is 0.312 e. The first-order chi connectivity index (χ1) is 9.39. The summed E-state index contributed by atoms with van der Waals surface area (Å²) in [5.41, 5.74) is 3.13. The normalized spacial score (nSPS) is 17.6. The average molecular weight is 271 g/mol. The van der Waals surface area contributed by atoms with Crippen molar-refractivity contribution in [2.75, 3.05) is 6.54 Å². The van der Waals surface area contributed by atoms with Crippen molar-refractivity contribution in [3.63, 3.8) is 0 Å². The molecule has 1 N–H and O–H groups in total. The highest BCUT2D eigenvalue weighted by atomic mass is 15.3. The quantitative estimate of drug-likeness (QED) is 0.925. The summed E-state index contributed by atoms with van der Waals surface area (Å²) in [4.78, 5) is 0. The maximum atomic E-state index is 4.75. The molecule has 108 valence electrons. The summed E-state index contributed by atoms with van der Waals surface area (Å²) in [6.45, 7) is 7.80. The van der Waals surface area contributed by atoms with Gasteiger partial charge < -0.3 is 5.32 Å². The van der Waals surface area contributed by atoms with Crippen LogP contribution < -0.4 is 5.32 Å². The van der Waals surface area contributed by atoms with Crippen molar-refractivity contribution in [2.45, 2.75) is 45.6 Å². The van der Waals surface area contributed by atoms with E-state index in [0.717, 1.165) is 13.0 Å². The molecule has 2 aromatic rings. The third-order valence-corrected chi connectivity index (χ3v) is 4.33. The summed E-state index contributed by atoms with van der Waals surface area (Å²) in [5, 5.41) is 9.73. The van der Waals surface area contributed by atoms with Crippen molar-refractivity contribution in [1.82, 2.24) is 15.1 Å². The maximum Gasteiger partial charge on any atom is 0.0709 e. The van der Waals surface area contributed by atoms with Crippen LogP contribution in [0.25, 0.3) is 10.9 Å². The Balaban J connectivity index is 1.80. The number of nitrogens with one attached hydrogen (secondary N) is 1. The molecule has 0 unspecified atom stereocenters. The van der Waals surface area contributed by atoms with Gasteiger partial charge in [-0.25, -0.2) is 0 Å². The molecular formula is C17H25N3. The van der Waals surface area contributed by atoms with Gasteiger partial charge in [0.2, 0.25) is 0 Å². The van der Waals surface area contributed by atoms with E-state index in [9.17, 15) is 0 Å². The molecule has 1 aromatic heterocycles. The second-order valence-corrected chi connectivity index (χ2v) is 7.37. The number of rotatable bonds is 4. The lowest BCUT2D eigenvalue weighted by atomic mass is 9.96. The van der Waals surface area contributed by atoms with Crippen LogP contribution in [0.2, 0.25) is 0 Å². The lowest BCUT2D eigenvalue weighted by molar-refractivity contribution is 0.354. The zero-order valence-corrected chi connectivity index (χ0v) is 13.0. The fourth-order valence-corrected chi connectivity index (χ4v) is 2.82. The first kappa shape index (κ1) is 13.6. The summed E-state index contributed by atoms with van der Waals surface area (Å²) in [6, 6.07) is 8.55. The van der Waals surface area contributed by atoms with Gasteiger partial charge in [0.05, 0.1) is 11.2 Å². The van der Waals surface area contributed by atoms with Crippen LogP contribution in [0.4, 0.5) is 0 Å². The smallest absolute Gasteiger partial charge is 0.0709 e. The molecule has 3 rings (SSSR count). The highest BCUT2D eigenvalue weighted by Gasteiger charge is 2.43. The first-order valence-electron chi connectivity index (χ1n) is 7.54. The lowest BCUT2D eigenvalue weighted by Gasteiger charge is -2.24. The Kier molecular flexibility index (Phi) is 3.13. The Morgan fingerprint density at radius 1 is 1.25 bits per heavy atom. The van der Waals surface area contributed by atoms with Gasteiger partial charge in [0, 0.05) is 24.5 Å². The van der Waals surface area contributed by atoms with E-state index in [1.807, 2.05) is 11.7 Å². The van der Waals surface area contributed by atoms with Gasteiger partial charge in [-0.05, 0) is 51.5 Å². The number of aromatic nitrogens is 2. The maximum absolute atomic E-state index is 4.75. The van der Waals surface area contributed by atoms with Gasteiger partial charge in [0.1, 0.15) is 0 Å². The average Bonchev–Trinajstić information content (AvgIpc) is 3.08. The number of fused-ring (bicyclic) bond motifs is 1. The van der Waals surface area contributed by atoms with Gasteiger partial charge >= 0.3 is 0 Å². The minimum absolute atomic E-state index is 0.196. The minimum Gasteiger partial charge on any atom is -0.312 e. The third-order valence-electron chi connectivity index (χ3n) is 4.33. The second kappa shape index (κ2) is 4.59. The fourth-order valence-electron chi connectivity index (χ4n) is 2.82. The molecule has 20 heavy (non-hydrogen) atoms. The van der Waals surface area contributed by atoms with E-state index in [4.69, 9.17) is 5.10 Å². The van der Waals surface area contributed by atoms with Crippen LogP contribution in [-0.2, 0) is 13.5 Å². The Hall–Kier alpha value is -1.35. The predicted molar refractivity (Wildman–Crippen MR) is 83.8 cm³/mol. The molecular weight excluding hydrogens is 246 g/mol. The van der Waals surface area contributed by atoms with Crippen molar-refractivity contribution in [2.24, 2.45) is 12.5 Å². The predicted octanol–water partition coefficient (Wildman–Crippen LogP) is 3.28. The molecule has 0 amide bonds. The zero-order chi connectivity index (χ0) is 14.4. The van der Waals surface area contributed by atoms with E-state index in [2.05, 4.69) is 50.4 Å². The van der Waals surface area contributed by atoms with Crippen LogP contribution in [0, 0.1) is 5.41 Å². The molecule has 1 aromatic carbocycles. The van der Waals surface area contributed by atoms with Crippen molar-refractivity contribution in [3.8, 4) is 0 Å². The molecule has 1 fully saturated rings. The number of hydrogen-bond donors (Lipinski definition) is 1. The highest BCUT2D eigenvalue weighted by Crippen LogP contribution is 2.48. The number of hydrogen-bond acceptors (Lipinski definition) is 2. The molecule has 0 spiro atoms. The fraction of sp³-hybridized carbons (Fsp3) is 0.588. The van der Waals surface area contributed by atoms with Crippen molar-refractivity contribution < 1.29 is 0 Å². The molecule has 1 aliphatic carbocycles. The van der Waals surface area contributed by atoms with Crippen molar-refractivity contribution in [1.29, 1.82) is 0 Å². The molecule has 0 bridgehead atoms. The number of para-hydroxylation sites is 1. The summed E-state index contributed by atoms with van der Waals surface area (Å²) >= 11 is 0. The lowest BCUT2D eigenvalue weighted by Crippen LogP contribution is -2.40. The second-order valence-electron chi connectivity index (χ2n) is 7.37. The van der Waals surface area contributed by atoms with E-state index < -0.39 is 0 Å². The van der Waals surface area contributed by atoms with E-state index in [1.165, 1.54) is 29.4 Å². The summed E-state index contributed by atoms with van der Waals surface area (Å²) in [7, 11) is 2.04. The molecule has 0 saturated heterocycles. The third kappa shape index (κ3) is 2.73. The van der Waals surface area contributed by atoms with Gasteiger partial charge in [-0.3, -0.25) is 4.68 Å². The molecule has 0 aliphatic heterocycles. The van der Waals surface area contributed by atoms with Crippen LogP contribution >= 0.6 is 0 Å². The summed E-state index contributed by atoms with van der Waals surface area (Å²) < 4.78 is 2.01. The van der Waals surface area contributed by atoms with E-state index >= 15 is 0 Å². The minimum atomic E-state index is 0.196. The Labute approximate surface area is 121 Å². The molecule has 3 heteroatoms. The molecule has 1 aliphatic rings. The van der Waals surface area contributed by atoms with Crippen LogP contribution in [0.5, 0.6) is 0 Å². The highest BCUT2D eigenvalue weighted by molar-refractivity contribution is 5.81. The van der Waals surface area contributed by atoms with Gasteiger partial charge in [0.15, 0.2) is 0 Å². The Morgan fingerprint density at radius 3 is 2.60 bits per heavy atom. The zero-order valence-electron chi connectivity index (χ0n) is 13.0. The van der Waals surface area contributed by atoms with E-state index in [-0.39, 0.29) is 5.54 Å². The standard InChI is InChI=1S/C17H25N3/c1-16(2,3)18-12-17(9-10-17)11-14-13-7-5-6-8-15(13)20(4)19-14/h5-8,18H,9-12H2,1-4H3. The van der Waals surface area contributed by atoms with Gasteiger partial charge in [0.25, 0.3) is 0 Å². The monoisotopic (exact) mass is 271 g/mol. The van der Waals surface area contributed by atoms with Crippen LogP contribution in [0.15, 0.2) is 24.3 Å². The molecule has 0 atom stereocenters. The van der Waals surface area contributed by atoms with Gasteiger partial charge in [-0.2, -0.15) is 5.10 Å². The molecule has 1 heterocycles.